The number of hydrogen-bond acceptors (Lipinski definition) is 6. The predicted octanol–water partition coefficient (Wildman–Crippen LogP) is 6.78. The first-order chi connectivity index (χ1) is 22.7. The largest absolute Gasteiger partial charge is 0.508 e. The molecule has 3 aromatic carbocycles. The van der Waals surface area contributed by atoms with Crippen molar-refractivity contribution in [3.05, 3.63) is 129 Å². The molecule has 236 valence electrons. The second-order valence-electron chi connectivity index (χ2n) is 13.0. The molecule has 0 radical (unpaired) electrons. The van der Waals surface area contributed by atoms with Gasteiger partial charge in [-0.05, 0) is 78.1 Å². The van der Waals surface area contributed by atoms with Crippen molar-refractivity contribution in [2.75, 3.05) is 4.90 Å². The van der Waals surface area contributed by atoms with Crippen molar-refractivity contribution in [2.24, 2.45) is 23.7 Å². The number of fused-ring (bicyclic) bond motifs is 4. The summed E-state index contributed by atoms with van der Waals surface area (Å²) in [6.45, 7) is 2.03. The number of likely N-dealkylation sites (tertiary alicyclic amines) is 1. The third-order valence-electron chi connectivity index (χ3n) is 10.7. The Morgan fingerprint density at radius 3 is 2.43 bits per heavy atom. The SMILES string of the molecule is Cc1cc([C@H]2C3=CC[C@@H]4C(=O)N(Cc5cccs5)C(=O)[C@@H]4[C@@H]3C[C@H]3C(=O)N(c4cccc(Cl)c4)C(=O)[C@@]23c2ccccc2)ccc1O. The molecule has 1 aromatic heterocycles. The van der Waals surface area contributed by atoms with Crippen molar-refractivity contribution < 1.29 is 24.3 Å². The summed E-state index contributed by atoms with van der Waals surface area (Å²) in [4.78, 5) is 61.6. The Bertz CT molecular complexity index is 1990. The Hall–Kier alpha value is -4.53. The average Bonchev–Trinajstić information content (AvgIpc) is 3.74. The maximum Gasteiger partial charge on any atom is 0.246 e. The third kappa shape index (κ3) is 4.31. The van der Waals surface area contributed by atoms with Crippen LogP contribution in [0, 0.1) is 30.6 Å². The highest BCUT2D eigenvalue weighted by molar-refractivity contribution is 7.09. The van der Waals surface area contributed by atoms with Gasteiger partial charge in [0.15, 0.2) is 0 Å². The number of thiophene rings is 1. The van der Waals surface area contributed by atoms with Crippen LogP contribution < -0.4 is 4.90 Å². The lowest BCUT2D eigenvalue weighted by Crippen LogP contribution is -2.53. The second kappa shape index (κ2) is 11.0. The van der Waals surface area contributed by atoms with Gasteiger partial charge in [0.25, 0.3) is 0 Å². The smallest absolute Gasteiger partial charge is 0.246 e. The summed E-state index contributed by atoms with van der Waals surface area (Å²) in [6.07, 6.45) is 2.66. The van der Waals surface area contributed by atoms with E-state index in [0.717, 1.165) is 16.0 Å². The minimum atomic E-state index is -1.35. The van der Waals surface area contributed by atoms with Gasteiger partial charge in [-0.2, -0.15) is 0 Å². The molecule has 3 heterocycles. The Morgan fingerprint density at radius 1 is 0.894 bits per heavy atom. The number of amides is 4. The number of halogens is 1. The summed E-state index contributed by atoms with van der Waals surface area (Å²) in [6, 6.07) is 25.3. The van der Waals surface area contributed by atoms with E-state index in [1.165, 1.54) is 21.1 Å². The monoisotopic (exact) mass is 662 g/mol. The van der Waals surface area contributed by atoms with Crippen LogP contribution in [-0.4, -0.2) is 33.6 Å². The number of imide groups is 2. The molecule has 4 aliphatic rings. The highest BCUT2D eigenvalue weighted by atomic mass is 35.5. The van der Waals surface area contributed by atoms with E-state index >= 15 is 4.79 Å². The molecule has 4 aromatic rings. The van der Waals surface area contributed by atoms with Crippen LogP contribution >= 0.6 is 22.9 Å². The fourth-order valence-electron chi connectivity index (χ4n) is 8.76. The third-order valence-corrected chi connectivity index (χ3v) is 11.8. The highest BCUT2D eigenvalue weighted by Gasteiger charge is 2.70. The zero-order chi connectivity index (χ0) is 32.6. The number of allylic oxidation sites excluding steroid dienone is 2. The number of hydrogen-bond donors (Lipinski definition) is 1. The second-order valence-corrected chi connectivity index (χ2v) is 14.5. The number of phenols is 1. The minimum absolute atomic E-state index is 0.124. The maximum absolute atomic E-state index is 15.2. The summed E-state index contributed by atoms with van der Waals surface area (Å²) in [5.74, 6) is -4.06. The van der Waals surface area contributed by atoms with E-state index < -0.39 is 35.0 Å². The van der Waals surface area contributed by atoms with Gasteiger partial charge in [-0.1, -0.05) is 77.8 Å². The zero-order valence-electron chi connectivity index (χ0n) is 25.5. The molecular formula is C38H31ClN2O5S. The average molecular weight is 663 g/mol. The molecule has 1 N–H and O–H groups in total. The van der Waals surface area contributed by atoms with Gasteiger partial charge in [0.05, 0.1) is 35.4 Å². The molecule has 4 amide bonds. The Balaban J connectivity index is 1.34. The number of carbonyl (C=O) groups is 4. The van der Waals surface area contributed by atoms with E-state index in [0.29, 0.717) is 28.3 Å². The number of benzene rings is 3. The molecule has 6 atom stereocenters. The quantitative estimate of drug-likeness (QED) is 0.188. The predicted molar refractivity (Wildman–Crippen MR) is 179 cm³/mol. The van der Waals surface area contributed by atoms with Gasteiger partial charge in [-0.15, -0.1) is 11.3 Å². The van der Waals surface area contributed by atoms with E-state index in [1.807, 2.05) is 60.0 Å². The molecule has 0 spiro atoms. The summed E-state index contributed by atoms with van der Waals surface area (Å²) in [5, 5.41) is 12.9. The summed E-state index contributed by atoms with van der Waals surface area (Å²) >= 11 is 7.88. The van der Waals surface area contributed by atoms with E-state index in [-0.39, 0.29) is 42.3 Å². The van der Waals surface area contributed by atoms with Gasteiger partial charge >= 0.3 is 0 Å². The summed E-state index contributed by atoms with van der Waals surface area (Å²) in [7, 11) is 0. The van der Waals surface area contributed by atoms with Crippen LogP contribution in [0.15, 0.2) is 102 Å². The van der Waals surface area contributed by atoms with E-state index in [9.17, 15) is 19.5 Å². The van der Waals surface area contributed by atoms with Gasteiger partial charge in [0.2, 0.25) is 23.6 Å². The van der Waals surface area contributed by atoms with Crippen LogP contribution in [0.2, 0.25) is 5.02 Å². The zero-order valence-corrected chi connectivity index (χ0v) is 27.1. The van der Waals surface area contributed by atoms with Crippen LogP contribution in [0.3, 0.4) is 0 Å². The van der Waals surface area contributed by atoms with Crippen molar-refractivity contribution in [1.29, 1.82) is 0 Å². The normalized spacial score (nSPS) is 28.3. The molecule has 3 fully saturated rings. The van der Waals surface area contributed by atoms with Crippen molar-refractivity contribution in [1.82, 2.24) is 4.90 Å². The molecule has 2 aliphatic carbocycles. The highest BCUT2D eigenvalue weighted by Crippen LogP contribution is 2.64. The fraction of sp³-hybridized carbons (Fsp3) is 0.263. The van der Waals surface area contributed by atoms with E-state index in [2.05, 4.69) is 6.08 Å². The molecule has 7 nitrogen and oxygen atoms in total. The molecule has 2 aliphatic heterocycles. The molecule has 47 heavy (non-hydrogen) atoms. The molecule has 8 rings (SSSR count). The lowest BCUT2D eigenvalue weighted by atomic mass is 9.49. The maximum atomic E-state index is 15.2. The number of carbonyl (C=O) groups excluding carboxylic acids is 4. The number of anilines is 1. The number of aromatic hydroxyl groups is 1. The Labute approximate surface area is 281 Å². The number of aryl methyl sites for hydroxylation is 1. The summed E-state index contributed by atoms with van der Waals surface area (Å²) in [5.41, 5.74) is 2.05. The first-order valence-electron chi connectivity index (χ1n) is 15.8. The molecule has 9 heteroatoms. The molecule has 0 unspecified atom stereocenters. The van der Waals surface area contributed by atoms with Gasteiger partial charge in [-0.3, -0.25) is 24.1 Å². The minimum Gasteiger partial charge on any atom is -0.508 e. The fourth-order valence-corrected chi connectivity index (χ4v) is 9.63. The number of nitrogens with zero attached hydrogens (tertiary/aromatic N) is 2. The summed E-state index contributed by atoms with van der Waals surface area (Å²) < 4.78 is 0. The first-order valence-corrected chi connectivity index (χ1v) is 17.0. The van der Waals surface area contributed by atoms with Crippen LogP contribution in [-0.2, 0) is 31.1 Å². The first kappa shape index (κ1) is 29.8. The Morgan fingerprint density at radius 2 is 1.70 bits per heavy atom. The molecular weight excluding hydrogens is 632 g/mol. The molecule has 1 saturated carbocycles. The number of phenolic OH excluding ortho intramolecular Hbond substituents is 1. The lowest BCUT2D eigenvalue weighted by molar-refractivity contribution is -0.141. The van der Waals surface area contributed by atoms with Crippen molar-refractivity contribution in [3.8, 4) is 5.75 Å². The van der Waals surface area contributed by atoms with Gasteiger partial charge in [0.1, 0.15) is 5.75 Å². The van der Waals surface area contributed by atoms with Crippen LogP contribution in [0.25, 0.3) is 0 Å². The lowest BCUT2D eigenvalue weighted by Gasteiger charge is -2.50. The standard InChI is InChI=1S/C38H31ClN2O5S/c1-21-17-22(12-15-31(21)42)33-27-13-14-28-32(36(45)40(34(28)43)20-26-11-6-16-47-26)29(27)19-30-35(44)41(25-10-5-9-24(39)18-25)37(46)38(30,33)23-7-3-2-4-8-23/h2-13,15-18,28-30,32-33,42H,14,19-20H2,1H3/t28-,29+,30-,32-,33-,38+/m0/s1. The van der Waals surface area contributed by atoms with Crippen LogP contribution in [0.5, 0.6) is 5.75 Å². The topological polar surface area (TPSA) is 95.0 Å². The van der Waals surface area contributed by atoms with Crippen molar-refractivity contribution in [3.63, 3.8) is 0 Å². The van der Waals surface area contributed by atoms with Crippen molar-refractivity contribution in [2.45, 2.75) is 37.6 Å². The van der Waals surface area contributed by atoms with Gasteiger partial charge < -0.3 is 5.11 Å². The number of rotatable bonds is 5. The van der Waals surface area contributed by atoms with Crippen LogP contribution in [0.1, 0.15) is 40.3 Å². The van der Waals surface area contributed by atoms with Gasteiger partial charge in [-0.25, -0.2) is 4.90 Å². The van der Waals surface area contributed by atoms with E-state index in [4.69, 9.17) is 11.6 Å². The van der Waals surface area contributed by atoms with E-state index in [1.54, 1.807) is 37.3 Å². The van der Waals surface area contributed by atoms with Crippen molar-refractivity contribution >= 4 is 52.3 Å². The van der Waals surface area contributed by atoms with Gasteiger partial charge in [0, 0.05) is 15.8 Å². The van der Waals surface area contributed by atoms with Crippen LogP contribution in [0.4, 0.5) is 5.69 Å². The Kier molecular flexibility index (Phi) is 7.00. The molecule has 2 saturated heterocycles. The molecule has 0 bridgehead atoms.